The van der Waals surface area contributed by atoms with Crippen LogP contribution in [-0.2, 0) is 13.0 Å². The van der Waals surface area contributed by atoms with Gasteiger partial charge in [-0.25, -0.2) is 4.98 Å². The van der Waals surface area contributed by atoms with E-state index in [2.05, 4.69) is 22.4 Å². The molecule has 0 bridgehead atoms. The molecule has 0 saturated heterocycles. The highest BCUT2D eigenvalue weighted by molar-refractivity contribution is 5.94. The summed E-state index contributed by atoms with van der Waals surface area (Å²) in [6.45, 7) is 1.01. The van der Waals surface area contributed by atoms with Gasteiger partial charge in [-0.15, -0.1) is 0 Å². The van der Waals surface area contributed by atoms with Gasteiger partial charge in [0.1, 0.15) is 5.52 Å². The predicted octanol–water partition coefficient (Wildman–Crippen LogP) is 4.06. The van der Waals surface area contributed by atoms with Crippen LogP contribution in [0, 0.1) is 0 Å². The van der Waals surface area contributed by atoms with Crippen LogP contribution >= 0.6 is 0 Å². The van der Waals surface area contributed by atoms with Crippen molar-refractivity contribution in [2.75, 3.05) is 6.54 Å². The predicted molar refractivity (Wildman–Crippen MR) is 130 cm³/mol. The number of rotatable bonds is 7. The molecule has 3 heterocycles. The highest BCUT2D eigenvalue weighted by Gasteiger charge is 2.12. The second-order valence-corrected chi connectivity index (χ2v) is 8.04. The summed E-state index contributed by atoms with van der Waals surface area (Å²) in [4.78, 5) is 30.0. The second kappa shape index (κ2) is 9.12. The third kappa shape index (κ3) is 4.28. The van der Waals surface area contributed by atoms with Crippen LogP contribution in [0.1, 0.15) is 27.9 Å². The number of amides is 1. The monoisotopic (exact) mass is 436 g/mol. The second-order valence-electron chi connectivity index (χ2n) is 8.04. The van der Waals surface area contributed by atoms with E-state index in [1.54, 1.807) is 22.9 Å². The minimum absolute atomic E-state index is 0.0894. The number of aromatic nitrogens is 3. The first kappa shape index (κ1) is 20.7. The van der Waals surface area contributed by atoms with Gasteiger partial charge in [-0.3, -0.25) is 14.2 Å². The van der Waals surface area contributed by atoms with Crippen LogP contribution in [0.25, 0.3) is 16.7 Å². The molecule has 5 aromatic rings. The summed E-state index contributed by atoms with van der Waals surface area (Å²) in [7, 11) is 0. The maximum atomic E-state index is 13.1. The van der Waals surface area contributed by atoms with Crippen LogP contribution in [0.3, 0.4) is 0 Å². The van der Waals surface area contributed by atoms with E-state index in [9.17, 15) is 9.59 Å². The molecular formula is C27H24N4O2. The van der Waals surface area contributed by atoms with E-state index in [0.29, 0.717) is 29.8 Å². The number of carbonyl (C=O) groups is 1. The highest BCUT2D eigenvalue weighted by atomic mass is 16.1. The fraction of sp³-hybridized carbons (Fsp3) is 0.148. The maximum absolute atomic E-state index is 13.1. The van der Waals surface area contributed by atoms with Crippen LogP contribution in [0.15, 0.2) is 96.1 Å². The Kier molecular flexibility index (Phi) is 5.72. The van der Waals surface area contributed by atoms with Crippen molar-refractivity contribution in [2.24, 2.45) is 0 Å². The van der Waals surface area contributed by atoms with E-state index in [-0.39, 0.29) is 11.5 Å². The normalized spacial score (nSPS) is 11.2. The summed E-state index contributed by atoms with van der Waals surface area (Å²) < 4.78 is 3.55. The SMILES string of the molecule is O=C(NCCCc1ccccc1)c1ccc(Cn2c(=O)c3cccn3c3cccnc32)cc1. The zero-order valence-corrected chi connectivity index (χ0v) is 18.1. The third-order valence-corrected chi connectivity index (χ3v) is 5.82. The highest BCUT2D eigenvalue weighted by Crippen LogP contribution is 2.15. The molecule has 1 N–H and O–H groups in total. The van der Waals surface area contributed by atoms with Crippen LogP contribution in [0.4, 0.5) is 0 Å². The topological polar surface area (TPSA) is 68.4 Å². The number of nitrogens with one attached hydrogen (secondary N) is 1. The summed E-state index contributed by atoms with van der Waals surface area (Å²) in [5, 5.41) is 2.98. The molecule has 164 valence electrons. The molecule has 3 aromatic heterocycles. The zero-order valence-electron chi connectivity index (χ0n) is 18.1. The van der Waals surface area contributed by atoms with Gasteiger partial charge in [0.15, 0.2) is 5.65 Å². The van der Waals surface area contributed by atoms with Crippen molar-refractivity contribution in [3.8, 4) is 0 Å². The molecule has 6 nitrogen and oxygen atoms in total. The van der Waals surface area contributed by atoms with E-state index in [4.69, 9.17) is 0 Å². The Morgan fingerprint density at radius 3 is 2.45 bits per heavy atom. The van der Waals surface area contributed by atoms with Gasteiger partial charge in [-0.05, 0) is 60.4 Å². The average Bonchev–Trinajstić information content (AvgIpc) is 3.36. The molecule has 33 heavy (non-hydrogen) atoms. The van der Waals surface area contributed by atoms with Gasteiger partial charge in [0.2, 0.25) is 0 Å². The minimum Gasteiger partial charge on any atom is -0.352 e. The molecule has 2 aromatic carbocycles. The van der Waals surface area contributed by atoms with Crippen LogP contribution < -0.4 is 10.9 Å². The van der Waals surface area contributed by atoms with Gasteiger partial charge >= 0.3 is 0 Å². The molecule has 0 aliphatic heterocycles. The number of hydrogen-bond acceptors (Lipinski definition) is 3. The number of hydrogen-bond donors (Lipinski definition) is 1. The molecule has 6 heteroatoms. The lowest BCUT2D eigenvalue weighted by atomic mass is 10.1. The van der Waals surface area contributed by atoms with Gasteiger partial charge in [-0.2, -0.15) is 0 Å². The van der Waals surface area contributed by atoms with Crippen LogP contribution in [0.2, 0.25) is 0 Å². The van der Waals surface area contributed by atoms with Crippen LogP contribution in [0.5, 0.6) is 0 Å². The Morgan fingerprint density at radius 2 is 1.64 bits per heavy atom. The molecule has 0 fully saturated rings. The summed E-state index contributed by atoms with van der Waals surface area (Å²) >= 11 is 0. The molecule has 0 saturated carbocycles. The smallest absolute Gasteiger partial charge is 0.276 e. The Bertz CT molecular complexity index is 1470. The van der Waals surface area contributed by atoms with Gasteiger partial charge in [0.05, 0.1) is 12.1 Å². The lowest BCUT2D eigenvalue weighted by molar-refractivity contribution is 0.0953. The van der Waals surface area contributed by atoms with Gasteiger partial charge in [0.25, 0.3) is 11.5 Å². The Labute approximate surface area is 191 Å². The first-order valence-corrected chi connectivity index (χ1v) is 11.1. The summed E-state index contributed by atoms with van der Waals surface area (Å²) in [5.41, 5.74) is 4.84. The zero-order chi connectivity index (χ0) is 22.6. The number of pyridine rings is 1. The van der Waals surface area contributed by atoms with E-state index in [1.807, 2.05) is 65.2 Å². The molecule has 0 aliphatic carbocycles. The molecule has 5 rings (SSSR count). The molecule has 1 amide bonds. The fourth-order valence-corrected chi connectivity index (χ4v) is 4.12. The minimum atomic E-state index is -0.0913. The molecular weight excluding hydrogens is 412 g/mol. The first-order valence-electron chi connectivity index (χ1n) is 11.1. The lowest BCUT2D eigenvalue weighted by Gasteiger charge is -2.12. The van der Waals surface area contributed by atoms with E-state index >= 15 is 0 Å². The van der Waals surface area contributed by atoms with Crippen molar-refractivity contribution in [3.63, 3.8) is 0 Å². The molecule has 0 aliphatic rings. The molecule has 0 spiro atoms. The summed E-state index contributed by atoms with van der Waals surface area (Å²) in [6, 6.07) is 25.1. The maximum Gasteiger partial charge on any atom is 0.276 e. The number of fused-ring (bicyclic) bond motifs is 3. The van der Waals surface area contributed by atoms with Crippen molar-refractivity contribution in [3.05, 3.63) is 118 Å². The number of benzene rings is 2. The van der Waals surface area contributed by atoms with E-state index in [0.717, 1.165) is 23.9 Å². The third-order valence-electron chi connectivity index (χ3n) is 5.82. The Morgan fingerprint density at radius 1 is 0.848 bits per heavy atom. The standard InChI is InChI=1S/C27H24N4O2/c32-26(29-17-4-9-20-7-2-1-3-8-20)22-14-12-21(13-15-22)19-31-25-23(10-5-16-28-25)30-18-6-11-24(30)27(31)33/h1-3,5-8,10-16,18H,4,9,17,19H2,(H,29,32). The van der Waals surface area contributed by atoms with Crippen molar-refractivity contribution >= 4 is 22.6 Å². The molecule has 0 atom stereocenters. The van der Waals surface area contributed by atoms with Crippen molar-refractivity contribution in [1.82, 2.24) is 19.3 Å². The van der Waals surface area contributed by atoms with Gasteiger partial charge in [-0.1, -0.05) is 42.5 Å². The van der Waals surface area contributed by atoms with Gasteiger partial charge in [0, 0.05) is 24.5 Å². The molecule has 0 unspecified atom stereocenters. The number of aryl methyl sites for hydroxylation is 1. The van der Waals surface area contributed by atoms with Crippen LogP contribution in [-0.4, -0.2) is 26.4 Å². The lowest BCUT2D eigenvalue weighted by Crippen LogP contribution is -2.25. The van der Waals surface area contributed by atoms with Crippen molar-refractivity contribution in [2.45, 2.75) is 19.4 Å². The average molecular weight is 437 g/mol. The van der Waals surface area contributed by atoms with Crippen molar-refractivity contribution in [1.29, 1.82) is 0 Å². The van der Waals surface area contributed by atoms with Gasteiger partial charge < -0.3 is 9.72 Å². The largest absolute Gasteiger partial charge is 0.352 e. The fourth-order valence-electron chi connectivity index (χ4n) is 4.12. The Hall–Kier alpha value is -4.19. The number of nitrogens with zero attached hydrogens (tertiary/aromatic N) is 3. The summed E-state index contributed by atoms with van der Waals surface area (Å²) in [5.74, 6) is -0.0894. The van der Waals surface area contributed by atoms with Crippen molar-refractivity contribution < 1.29 is 4.79 Å². The Balaban J connectivity index is 1.28. The summed E-state index contributed by atoms with van der Waals surface area (Å²) in [6.07, 6.45) is 5.39. The van der Waals surface area contributed by atoms with E-state index in [1.165, 1.54) is 5.56 Å². The first-order chi connectivity index (χ1) is 16.2. The molecule has 0 radical (unpaired) electrons. The number of carbonyl (C=O) groups excluding carboxylic acids is 1. The quantitative estimate of drug-likeness (QED) is 0.391. The van der Waals surface area contributed by atoms with E-state index < -0.39 is 0 Å².